The number of carbonyl (C=O) groups excluding carboxylic acids is 2. The van der Waals surface area contributed by atoms with Crippen molar-refractivity contribution in [3.05, 3.63) is 64.7 Å². The first-order valence-electron chi connectivity index (χ1n) is 7.07. The van der Waals surface area contributed by atoms with Gasteiger partial charge in [-0.05, 0) is 29.8 Å². The Kier molecular flexibility index (Phi) is 4.29. The van der Waals surface area contributed by atoms with E-state index in [9.17, 15) is 18.0 Å². The number of amides is 2. The molecule has 0 saturated carbocycles. The molecular formula is C16H13ClN2O4S. The maximum atomic E-state index is 12.4. The van der Waals surface area contributed by atoms with Gasteiger partial charge in [0.2, 0.25) is 5.91 Å². The Morgan fingerprint density at radius 3 is 2.58 bits per heavy atom. The quantitative estimate of drug-likeness (QED) is 0.896. The fourth-order valence-electron chi connectivity index (χ4n) is 2.42. The Morgan fingerprint density at radius 1 is 1.12 bits per heavy atom. The van der Waals surface area contributed by atoms with Gasteiger partial charge < -0.3 is 5.32 Å². The van der Waals surface area contributed by atoms with Crippen LogP contribution in [0.15, 0.2) is 53.4 Å². The van der Waals surface area contributed by atoms with E-state index in [1.165, 1.54) is 18.2 Å². The molecule has 0 bridgehead atoms. The van der Waals surface area contributed by atoms with Crippen LogP contribution in [0.5, 0.6) is 0 Å². The molecule has 3 rings (SSSR count). The van der Waals surface area contributed by atoms with E-state index in [1.54, 1.807) is 30.3 Å². The van der Waals surface area contributed by atoms with Crippen molar-refractivity contribution in [2.75, 3.05) is 6.54 Å². The predicted molar refractivity (Wildman–Crippen MR) is 88.0 cm³/mol. The number of halogens is 1. The number of hydrogen-bond donors (Lipinski definition) is 1. The first-order valence-corrected chi connectivity index (χ1v) is 8.88. The molecule has 1 aliphatic heterocycles. The summed E-state index contributed by atoms with van der Waals surface area (Å²) in [7, 11) is -3.98. The molecule has 2 aromatic carbocycles. The average molecular weight is 365 g/mol. The van der Waals surface area contributed by atoms with Crippen LogP contribution in [0.25, 0.3) is 0 Å². The van der Waals surface area contributed by atoms with Crippen molar-refractivity contribution < 1.29 is 18.0 Å². The second-order valence-corrected chi connectivity index (χ2v) is 7.49. The predicted octanol–water partition coefficient (Wildman–Crippen LogP) is 1.80. The summed E-state index contributed by atoms with van der Waals surface area (Å²) in [6.07, 6.45) is 0. The zero-order valence-electron chi connectivity index (χ0n) is 12.4. The van der Waals surface area contributed by atoms with Gasteiger partial charge in [-0.1, -0.05) is 35.9 Å². The smallest absolute Gasteiger partial charge is 0.269 e. The lowest BCUT2D eigenvalue weighted by Crippen LogP contribution is -2.40. The van der Waals surface area contributed by atoms with Crippen molar-refractivity contribution in [3.63, 3.8) is 0 Å². The molecule has 0 saturated heterocycles. The number of nitrogens with zero attached hydrogens (tertiary/aromatic N) is 1. The molecule has 0 fully saturated rings. The van der Waals surface area contributed by atoms with Crippen LogP contribution in [0, 0.1) is 0 Å². The van der Waals surface area contributed by atoms with Crippen molar-refractivity contribution in [2.45, 2.75) is 11.4 Å². The van der Waals surface area contributed by atoms with Gasteiger partial charge in [0.1, 0.15) is 11.4 Å². The summed E-state index contributed by atoms with van der Waals surface area (Å²) in [5.74, 6) is -1.26. The average Bonchev–Trinajstić information content (AvgIpc) is 2.75. The van der Waals surface area contributed by atoms with E-state index in [4.69, 9.17) is 11.6 Å². The number of sulfonamides is 1. The number of rotatable bonds is 4. The summed E-state index contributed by atoms with van der Waals surface area (Å²) in [4.78, 5) is 24.2. The van der Waals surface area contributed by atoms with Gasteiger partial charge in [-0.3, -0.25) is 9.59 Å². The van der Waals surface area contributed by atoms with Gasteiger partial charge in [0, 0.05) is 11.6 Å². The minimum Gasteiger partial charge on any atom is -0.350 e. The summed E-state index contributed by atoms with van der Waals surface area (Å²) >= 11 is 5.86. The van der Waals surface area contributed by atoms with Crippen LogP contribution in [0.4, 0.5) is 0 Å². The highest BCUT2D eigenvalue weighted by atomic mass is 35.5. The summed E-state index contributed by atoms with van der Waals surface area (Å²) in [5, 5.41) is 3.12. The van der Waals surface area contributed by atoms with Gasteiger partial charge in [0.25, 0.3) is 15.9 Å². The largest absolute Gasteiger partial charge is 0.350 e. The molecule has 124 valence electrons. The number of benzene rings is 2. The molecule has 0 atom stereocenters. The van der Waals surface area contributed by atoms with Crippen molar-refractivity contribution in [2.24, 2.45) is 0 Å². The van der Waals surface area contributed by atoms with Gasteiger partial charge in [-0.2, -0.15) is 0 Å². The van der Waals surface area contributed by atoms with Crippen molar-refractivity contribution >= 4 is 33.4 Å². The Morgan fingerprint density at radius 2 is 1.88 bits per heavy atom. The Bertz CT molecular complexity index is 927. The maximum Gasteiger partial charge on any atom is 0.269 e. The minimum atomic E-state index is -3.98. The van der Waals surface area contributed by atoms with Crippen molar-refractivity contribution in [3.8, 4) is 0 Å². The van der Waals surface area contributed by atoms with Gasteiger partial charge >= 0.3 is 0 Å². The third-order valence-electron chi connectivity index (χ3n) is 3.58. The van der Waals surface area contributed by atoms with Crippen molar-refractivity contribution in [1.82, 2.24) is 9.62 Å². The van der Waals surface area contributed by atoms with Crippen LogP contribution in [0.1, 0.15) is 15.9 Å². The zero-order valence-corrected chi connectivity index (χ0v) is 14.0. The van der Waals surface area contributed by atoms with Gasteiger partial charge in [0.05, 0.1) is 5.56 Å². The van der Waals surface area contributed by atoms with Crippen LogP contribution in [-0.4, -0.2) is 31.1 Å². The molecule has 1 heterocycles. The highest BCUT2D eigenvalue weighted by molar-refractivity contribution is 7.90. The van der Waals surface area contributed by atoms with Crippen LogP contribution >= 0.6 is 11.6 Å². The summed E-state index contributed by atoms with van der Waals surface area (Å²) in [6.45, 7) is -0.370. The molecule has 8 heteroatoms. The SMILES string of the molecule is O=C(CN1C(=O)c2ccccc2S1(=O)=O)NCc1cccc(Cl)c1. The standard InChI is InChI=1S/C16H13ClN2O4S/c17-12-5-3-4-11(8-12)9-18-15(20)10-19-16(21)13-6-1-2-7-14(13)24(19,22)23/h1-8H,9-10H2,(H,18,20). The molecule has 0 aromatic heterocycles. The van der Waals surface area contributed by atoms with E-state index in [0.29, 0.717) is 9.33 Å². The molecule has 0 spiro atoms. The Labute approximate surface area is 144 Å². The lowest BCUT2D eigenvalue weighted by atomic mass is 10.2. The molecule has 0 unspecified atom stereocenters. The first kappa shape index (κ1) is 16.5. The van der Waals surface area contributed by atoms with Crippen LogP contribution in [0.2, 0.25) is 5.02 Å². The van der Waals surface area contributed by atoms with Gasteiger partial charge in [0.15, 0.2) is 0 Å². The highest BCUT2D eigenvalue weighted by Crippen LogP contribution is 2.29. The summed E-state index contributed by atoms with van der Waals surface area (Å²) in [6, 6.07) is 12.8. The molecule has 24 heavy (non-hydrogen) atoms. The van der Waals surface area contributed by atoms with Gasteiger partial charge in [-0.25, -0.2) is 12.7 Å². The summed E-state index contributed by atoms with van der Waals surface area (Å²) in [5.41, 5.74) is 0.856. The fraction of sp³-hybridized carbons (Fsp3) is 0.125. The molecule has 0 radical (unpaired) electrons. The van der Waals surface area contributed by atoms with Crippen molar-refractivity contribution in [1.29, 1.82) is 0 Å². The zero-order chi connectivity index (χ0) is 17.3. The fourth-order valence-corrected chi connectivity index (χ4v) is 4.16. The van der Waals surface area contributed by atoms with Crippen LogP contribution < -0.4 is 5.32 Å². The van der Waals surface area contributed by atoms with E-state index in [2.05, 4.69) is 5.32 Å². The van der Waals surface area contributed by atoms with E-state index in [0.717, 1.165) is 5.56 Å². The monoisotopic (exact) mass is 364 g/mol. The minimum absolute atomic E-state index is 0.0716. The molecule has 0 aliphatic carbocycles. The van der Waals surface area contributed by atoms with Crippen LogP contribution in [-0.2, 0) is 21.4 Å². The summed E-state index contributed by atoms with van der Waals surface area (Å²) < 4.78 is 25.3. The number of nitrogens with one attached hydrogen (secondary N) is 1. The third kappa shape index (κ3) is 3.00. The Hall–Kier alpha value is -2.38. The second-order valence-electron chi connectivity index (χ2n) is 5.22. The maximum absolute atomic E-state index is 12.4. The number of carbonyl (C=O) groups is 2. The van der Waals surface area contributed by atoms with Gasteiger partial charge in [-0.15, -0.1) is 0 Å². The van der Waals surface area contributed by atoms with Crippen LogP contribution in [0.3, 0.4) is 0 Å². The number of fused-ring (bicyclic) bond motifs is 1. The molecule has 1 N–H and O–H groups in total. The van der Waals surface area contributed by atoms with E-state index >= 15 is 0 Å². The Balaban J connectivity index is 1.70. The normalized spacial score (nSPS) is 15.2. The molecule has 2 amide bonds. The molecule has 1 aliphatic rings. The first-order chi connectivity index (χ1) is 11.4. The van der Waals surface area contributed by atoms with E-state index < -0.39 is 28.4 Å². The van der Waals surface area contributed by atoms with E-state index in [1.807, 2.05) is 0 Å². The highest BCUT2D eigenvalue weighted by Gasteiger charge is 2.41. The lowest BCUT2D eigenvalue weighted by Gasteiger charge is -2.14. The van der Waals surface area contributed by atoms with E-state index in [-0.39, 0.29) is 17.0 Å². The molecule has 2 aromatic rings. The topological polar surface area (TPSA) is 83.6 Å². The number of hydrogen-bond acceptors (Lipinski definition) is 4. The lowest BCUT2D eigenvalue weighted by molar-refractivity contribution is -0.121. The second kappa shape index (κ2) is 6.26. The molecular weight excluding hydrogens is 352 g/mol. The molecule has 6 nitrogen and oxygen atoms in total. The third-order valence-corrected chi connectivity index (χ3v) is 5.60.